The average molecular weight is 375 g/mol. The van der Waals surface area contributed by atoms with Gasteiger partial charge in [0.2, 0.25) is 5.76 Å². The molecule has 0 saturated heterocycles. The van der Waals surface area contributed by atoms with E-state index in [1.807, 2.05) is 36.4 Å². The fourth-order valence-corrected chi connectivity index (χ4v) is 2.58. The Balaban J connectivity index is 1.79. The summed E-state index contributed by atoms with van der Waals surface area (Å²) in [6, 6.07) is 19.8. The van der Waals surface area contributed by atoms with E-state index in [0.717, 1.165) is 11.1 Å². The molecule has 0 aliphatic heterocycles. The molecule has 6 nitrogen and oxygen atoms in total. The molecule has 0 aliphatic rings. The summed E-state index contributed by atoms with van der Waals surface area (Å²) in [6.45, 7) is 0.0618. The minimum absolute atomic E-state index is 0.0618. The molecule has 140 valence electrons. The quantitative estimate of drug-likeness (QED) is 0.478. The van der Waals surface area contributed by atoms with Crippen molar-refractivity contribution >= 4 is 17.6 Å². The van der Waals surface area contributed by atoms with Gasteiger partial charge in [0.25, 0.3) is 0 Å². The highest BCUT2D eigenvalue weighted by molar-refractivity contribution is 5.89. The highest BCUT2D eigenvalue weighted by Crippen LogP contribution is 2.30. The standard InChI is InChI=1S/C22H17NO5/c1-26-21-12-15(11-17(13-23)16-5-3-2-4-6-16)7-9-19(21)27-14-18-8-10-20(28-18)22(24)25/h2-12H,14H2,1H3,(H,24,25). The van der Waals surface area contributed by atoms with Crippen molar-refractivity contribution < 1.29 is 23.8 Å². The molecule has 6 heteroatoms. The maximum Gasteiger partial charge on any atom is 0.371 e. The third-order valence-electron chi connectivity index (χ3n) is 3.95. The van der Waals surface area contributed by atoms with Gasteiger partial charge in [-0.15, -0.1) is 0 Å². The van der Waals surface area contributed by atoms with E-state index >= 15 is 0 Å². The first kappa shape index (κ1) is 18.8. The van der Waals surface area contributed by atoms with Crippen LogP contribution in [0.2, 0.25) is 0 Å². The first-order valence-corrected chi connectivity index (χ1v) is 8.41. The van der Waals surface area contributed by atoms with Crippen molar-refractivity contribution in [2.45, 2.75) is 6.61 Å². The number of allylic oxidation sites excluding steroid dienone is 1. The van der Waals surface area contributed by atoms with E-state index in [1.165, 1.54) is 13.2 Å². The normalized spacial score (nSPS) is 10.9. The lowest BCUT2D eigenvalue weighted by Crippen LogP contribution is -1.97. The number of aromatic carboxylic acids is 1. The number of rotatable bonds is 7. The number of carboxylic acids is 1. The molecule has 0 aliphatic carbocycles. The molecule has 0 bridgehead atoms. The van der Waals surface area contributed by atoms with Crippen molar-refractivity contribution in [2.24, 2.45) is 0 Å². The van der Waals surface area contributed by atoms with Gasteiger partial charge in [-0.1, -0.05) is 36.4 Å². The summed E-state index contributed by atoms with van der Waals surface area (Å²) < 4.78 is 16.2. The van der Waals surface area contributed by atoms with Gasteiger partial charge < -0.3 is 19.0 Å². The second-order valence-corrected chi connectivity index (χ2v) is 5.81. The van der Waals surface area contributed by atoms with E-state index in [2.05, 4.69) is 6.07 Å². The number of furan rings is 1. The second-order valence-electron chi connectivity index (χ2n) is 5.81. The maximum absolute atomic E-state index is 10.9. The predicted octanol–water partition coefficient (Wildman–Crippen LogP) is 4.63. The summed E-state index contributed by atoms with van der Waals surface area (Å²) in [4.78, 5) is 10.9. The van der Waals surface area contributed by atoms with Crippen LogP contribution in [0.4, 0.5) is 0 Å². The van der Waals surface area contributed by atoms with Crippen molar-refractivity contribution in [3.8, 4) is 17.6 Å². The zero-order valence-corrected chi connectivity index (χ0v) is 15.1. The van der Waals surface area contributed by atoms with E-state index in [9.17, 15) is 10.1 Å². The van der Waals surface area contributed by atoms with Gasteiger partial charge in [-0.05, 0) is 41.5 Å². The average Bonchev–Trinajstić information content (AvgIpc) is 3.21. The zero-order valence-electron chi connectivity index (χ0n) is 15.1. The van der Waals surface area contributed by atoms with Crippen LogP contribution in [0.1, 0.15) is 27.4 Å². The van der Waals surface area contributed by atoms with Gasteiger partial charge in [0, 0.05) is 0 Å². The van der Waals surface area contributed by atoms with Crippen molar-refractivity contribution in [2.75, 3.05) is 7.11 Å². The molecule has 3 aromatic rings. The molecule has 0 atom stereocenters. The largest absolute Gasteiger partial charge is 0.493 e. The molecular weight excluding hydrogens is 358 g/mol. The van der Waals surface area contributed by atoms with E-state index in [-0.39, 0.29) is 12.4 Å². The van der Waals surface area contributed by atoms with Crippen LogP contribution in [0.5, 0.6) is 11.5 Å². The third-order valence-corrected chi connectivity index (χ3v) is 3.95. The summed E-state index contributed by atoms with van der Waals surface area (Å²) in [5.41, 5.74) is 2.15. The molecule has 1 aromatic heterocycles. The Labute approximate surface area is 161 Å². The van der Waals surface area contributed by atoms with Gasteiger partial charge in [0.15, 0.2) is 11.5 Å². The molecule has 3 rings (SSSR count). The minimum Gasteiger partial charge on any atom is -0.493 e. The van der Waals surface area contributed by atoms with Crippen molar-refractivity contribution in [3.05, 3.63) is 83.3 Å². The summed E-state index contributed by atoms with van der Waals surface area (Å²) in [5.74, 6) is 0.0807. The Morgan fingerprint density at radius 3 is 2.57 bits per heavy atom. The molecule has 28 heavy (non-hydrogen) atoms. The maximum atomic E-state index is 10.9. The fourth-order valence-electron chi connectivity index (χ4n) is 2.58. The van der Waals surface area contributed by atoms with E-state index in [4.69, 9.17) is 19.0 Å². The Morgan fingerprint density at radius 1 is 1.14 bits per heavy atom. The number of carbonyl (C=O) groups is 1. The number of methoxy groups -OCH3 is 1. The van der Waals surface area contributed by atoms with E-state index in [0.29, 0.717) is 22.8 Å². The Kier molecular flexibility index (Phi) is 5.78. The van der Waals surface area contributed by atoms with Gasteiger partial charge in [-0.2, -0.15) is 5.26 Å². The smallest absolute Gasteiger partial charge is 0.371 e. The van der Waals surface area contributed by atoms with Crippen LogP contribution in [-0.4, -0.2) is 18.2 Å². The molecule has 0 saturated carbocycles. The predicted molar refractivity (Wildman–Crippen MR) is 103 cm³/mol. The van der Waals surface area contributed by atoms with Gasteiger partial charge in [0.05, 0.1) is 18.8 Å². The number of hydrogen-bond acceptors (Lipinski definition) is 5. The Hall–Kier alpha value is -3.98. The van der Waals surface area contributed by atoms with Gasteiger partial charge in [-0.3, -0.25) is 0 Å². The monoisotopic (exact) mass is 375 g/mol. The van der Waals surface area contributed by atoms with E-state index in [1.54, 1.807) is 24.3 Å². The highest BCUT2D eigenvalue weighted by Gasteiger charge is 2.11. The van der Waals surface area contributed by atoms with Crippen LogP contribution in [0.3, 0.4) is 0 Å². The molecule has 0 unspecified atom stereocenters. The molecule has 0 radical (unpaired) electrons. The van der Waals surface area contributed by atoms with Crippen LogP contribution in [0.25, 0.3) is 11.6 Å². The van der Waals surface area contributed by atoms with E-state index < -0.39 is 5.97 Å². The summed E-state index contributed by atoms with van der Waals surface area (Å²) in [7, 11) is 1.52. The lowest BCUT2D eigenvalue weighted by molar-refractivity contribution is 0.0658. The third kappa shape index (κ3) is 4.40. The molecule has 1 heterocycles. The molecule has 2 aromatic carbocycles. The van der Waals surface area contributed by atoms with Gasteiger partial charge >= 0.3 is 5.97 Å². The Bertz CT molecular complexity index is 1040. The molecule has 0 fully saturated rings. The first-order valence-electron chi connectivity index (χ1n) is 8.41. The van der Waals surface area contributed by atoms with Crippen molar-refractivity contribution in [1.82, 2.24) is 0 Å². The van der Waals surface area contributed by atoms with Crippen LogP contribution >= 0.6 is 0 Å². The number of hydrogen-bond donors (Lipinski definition) is 1. The molecule has 0 spiro atoms. The lowest BCUT2D eigenvalue weighted by atomic mass is 10.0. The first-order chi connectivity index (χ1) is 13.6. The van der Waals surface area contributed by atoms with Gasteiger partial charge in [0.1, 0.15) is 12.4 Å². The summed E-state index contributed by atoms with van der Waals surface area (Å²) >= 11 is 0. The zero-order chi connectivity index (χ0) is 19.9. The SMILES string of the molecule is COc1cc(C=C(C#N)c2ccccc2)ccc1OCc1ccc(C(=O)O)o1. The van der Waals surface area contributed by atoms with Crippen LogP contribution in [0, 0.1) is 11.3 Å². The molecular formula is C22H17NO5. The molecule has 1 N–H and O–H groups in total. The number of benzene rings is 2. The number of nitrogens with zero attached hydrogens (tertiary/aromatic N) is 1. The van der Waals surface area contributed by atoms with Crippen LogP contribution in [-0.2, 0) is 6.61 Å². The minimum atomic E-state index is -1.13. The van der Waals surface area contributed by atoms with Gasteiger partial charge in [-0.25, -0.2) is 4.79 Å². The number of nitriles is 1. The number of carboxylic acid groups (broad SMARTS) is 1. The summed E-state index contributed by atoms with van der Waals surface area (Å²) in [5, 5.41) is 18.3. The second kappa shape index (κ2) is 8.60. The van der Waals surface area contributed by atoms with Crippen molar-refractivity contribution in [3.63, 3.8) is 0 Å². The van der Waals surface area contributed by atoms with Crippen LogP contribution in [0.15, 0.2) is 65.1 Å². The number of ether oxygens (including phenoxy) is 2. The van der Waals surface area contributed by atoms with Crippen LogP contribution < -0.4 is 9.47 Å². The molecule has 0 amide bonds. The van der Waals surface area contributed by atoms with Crippen molar-refractivity contribution in [1.29, 1.82) is 5.26 Å². The topological polar surface area (TPSA) is 92.7 Å². The Morgan fingerprint density at radius 2 is 1.93 bits per heavy atom. The summed E-state index contributed by atoms with van der Waals surface area (Å²) in [6.07, 6.45) is 1.77. The highest BCUT2D eigenvalue weighted by atomic mass is 16.5. The lowest BCUT2D eigenvalue weighted by Gasteiger charge is -2.10. The fraction of sp³-hybridized carbons (Fsp3) is 0.0909.